The summed E-state index contributed by atoms with van der Waals surface area (Å²) in [5.74, 6) is 0. The number of aromatic nitrogens is 4. The van der Waals surface area contributed by atoms with Gasteiger partial charge in [-0.15, -0.1) is 5.10 Å². The molecule has 7 heteroatoms. The SMILES string of the molecule is CCOC(OCC)c1cn(Cc2cncc(Br)c2)nn1. The lowest BCUT2D eigenvalue weighted by Crippen LogP contribution is -2.09. The van der Waals surface area contributed by atoms with Gasteiger partial charge in [-0.1, -0.05) is 5.21 Å². The van der Waals surface area contributed by atoms with Crippen LogP contribution in [0, 0.1) is 0 Å². The molecule has 0 aliphatic carbocycles. The van der Waals surface area contributed by atoms with E-state index in [0.29, 0.717) is 25.5 Å². The van der Waals surface area contributed by atoms with Gasteiger partial charge in [0, 0.05) is 30.1 Å². The molecule has 2 heterocycles. The van der Waals surface area contributed by atoms with Crippen LogP contribution in [0.4, 0.5) is 0 Å². The van der Waals surface area contributed by atoms with Crippen molar-refractivity contribution < 1.29 is 9.47 Å². The predicted octanol–water partition coefficient (Wildman–Crippen LogP) is 2.56. The van der Waals surface area contributed by atoms with Gasteiger partial charge in [0.05, 0.1) is 12.7 Å². The Balaban J connectivity index is 2.07. The molecule has 0 amide bonds. The van der Waals surface area contributed by atoms with E-state index in [2.05, 4.69) is 31.2 Å². The maximum Gasteiger partial charge on any atom is 0.204 e. The summed E-state index contributed by atoms with van der Waals surface area (Å²) in [4.78, 5) is 4.12. The molecular weight excluding hydrogens is 324 g/mol. The first kappa shape index (κ1) is 15.1. The molecule has 0 spiro atoms. The first-order valence-electron chi connectivity index (χ1n) is 6.45. The lowest BCUT2D eigenvalue weighted by molar-refractivity contribution is -0.142. The van der Waals surface area contributed by atoms with Crippen LogP contribution in [0.5, 0.6) is 0 Å². The Morgan fingerprint density at radius 3 is 2.65 bits per heavy atom. The Labute approximate surface area is 126 Å². The molecule has 108 valence electrons. The maximum absolute atomic E-state index is 5.49. The van der Waals surface area contributed by atoms with Gasteiger partial charge in [-0.2, -0.15) is 0 Å². The fourth-order valence-electron chi connectivity index (χ4n) is 1.75. The van der Waals surface area contributed by atoms with Crippen LogP contribution >= 0.6 is 15.9 Å². The van der Waals surface area contributed by atoms with Gasteiger partial charge in [0.15, 0.2) is 0 Å². The van der Waals surface area contributed by atoms with Crippen LogP contribution in [-0.2, 0) is 16.0 Å². The zero-order chi connectivity index (χ0) is 14.4. The fourth-order valence-corrected chi connectivity index (χ4v) is 2.16. The van der Waals surface area contributed by atoms with E-state index in [-0.39, 0.29) is 0 Å². The number of pyridine rings is 1. The van der Waals surface area contributed by atoms with Crippen molar-refractivity contribution in [1.82, 2.24) is 20.0 Å². The molecule has 0 atom stereocenters. The van der Waals surface area contributed by atoms with Crippen molar-refractivity contribution in [3.8, 4) is 0 Å². The van der Waals surface area contributed by atoms with Crippen LogP contribution in [0.25, 0.3) is 0 Å². The Hall–Kier alpha value is -1.31. The monoisotopic (exact) mass is 340 g/mol. The lowest BCUT2D eigenvalue weighted by atomic mass is 10.3. The number of hydrogen-bond donors (Lipinski definition) is 0. The quantitative estimate of drug-likeness (QED) is 0.725. The van der Waals surface area contributed by atoms with Gasteiger partial charge in [0.2, 0.25) is 6.29 Å². The highest BCUT2D eigenvalue weighted by molar-refractivity contribution is 9.10. The smallest absolute Gasteiger partial charge is 0.204 e. The average molecular weight is 341 g/mol. The topological polar surface area (TPSA) is 62.1 Å². The fraction of sp³-hybridized carbons (Fsp3) is 0.462. The Kier molecular flexibility index (Phi) is 5.63. The van der Waals surface area contributed by atoms with Gasteiger partial charge in [0.25, 0.3) is 0 Å². The molecule has 0 saturated carbocycles. The first-order chi connectivity index (χ1) is 9.72. The number of halogens is 1. The van der Waals surface area contributed by atoms with Crippen LogP contribution in [0.1, 0.15) is 31.4 Å². The molecule has 0 saturated heterocycles. The minimum atomic E-state index is -0.459. The molecule has 0 bridgehead atoms. The van der Waals surface area contributed by atoms with E-state index < -0.39 is 6.29 Å². The van der Waals surface area contributed by atoms with Gasteiger partial charge in [0.1, 0.15) is 5.69 Å². The summed E-state index contributed by atoms with van der Waals surface area (Å²) in [5, 5.41) is 8.19. The van der Waals surface area contributed by atoms with Gasteiger partial charge >= 0.3 is 0 Å². The molecule has 0 fully saturated rings. The van der Waals surface area contributed by atoms with E-state index in [1.807, 2.05) is 26.1 Å². The number of nitrogens with zero attached hydrogens (tertiary/aromatic N) is 4. The third-order valence-corrected chi connectivity index (χ3v) is 2.97. The van der Waals surface area contributed by atoms with Crippen molar-refractivity contribution in [3.05, 3.63) is 40.4 Å². The normalized spacial score (nSPS) is 11.2. The van der Waals surface area contributed by atoms with E-state index in [4.69, 9.17) is 9.47 Å². The summed E-state index contributed by atoms with van der Waals surface area (Å²) in [6.07, 6.45) is 4.92. The van der Waals surface area contributed by atoms with Crippen molar-refractivity contribution >= 4 is 15.9 Å². The Morgan fingerprint density at radius 1 is 1.25 bits per heavy atom. The molecule has 0 aliphatic rings. The van der Waals surface area contributed by atoms with Crippen LogP contribution in [0.3, 0.4) is 0 Å². The van der Waals surface area contributed by atoms with E-state index in [9.17, 15) is 0 Å². The summed E-state index contributed by atoms with van der Waals surface area (Å²) >= 11 is 3.40. The van der Waals surface area contributed by atoms with Crippen LogP contribution in [0.15, 0.2) is 29.1 Å². The Bertz CT molecular complexity index is 541. The molecule has 2 aromatic heterocycles. The zero-order valence-corrected chi connectivity index (χ0v) is 13.1. The number of ether oxygens (including phenoxy) is 2. The molecule has 0 aromatic carbocycles. The molecule has 2 aromatic rings. The van der Waals surface area contributed by atoms with Crippen molar-refractivity contribution in [2.75, 3.05) is 13.2 Å². The van der Waals surface area contributed by atoms with E-state index >= 15 is 0 Å². The average Bonchev–Trinajstić information content (AvgIpc) is 2.87. The highest BCUT2D eigenvalue weighted by Crippen LogP contribution is 2.16. The molecule has 20 heavy (non-hydrogen) atoms. The number of hydrogen-bond acceptors (Lipinski definition) is 5. The second-order valence-corrected chi connectivity index (χ2v) is 5.01. The van der Waals surface area contributed by atoms with Crippen molar-refractivity contribution in [3.63, 3.8) is 0 Å². The summed E-state index contributed by atoms with van der Waals surface area (Å²) in [7, 11) is 0. The molecule has 6 nitrogen and oxygen atoms in total. The second-order valence-electron chi connectivity index (χ2n) is 4.10. The molecule has 0 N–H and O–H groups in total. The minimum absolute atomic E-state index is 0.459. The third-order valence-electron chi connectivity index (χ3n) is 2.54. The molecule has 2 rings (SSSR count). The Morgan fingerprint density at radius 2 is 2.00 bits per heavy atom. The molecule has 0 unspecified atom stereocenters. The predicted molar refractivity (Wildman–Crippen MR) is 77.1 cm³/mol. The largest absolute Gasteiger partial charge is 0.347 e. The second kappa shape index (κ2) is 7.47. The van der Waals surface area contributed by atoms with E-state index in [1.54, 1.807) is 17.1 Å². The molecule has 0 aliphatic heterocycles. The lowest BCUT2D eigenvalue weighted by Gasteiger charge is -2.13. The van der Waals surface area contributed by atoms with Crippen molar-refractivity contribution in [2.24, 2.45) is 0 Å². The molecular formula is C13H17BrN4O2. The highest BCUT2D eigenvalue weighted by atomic mass is 79.9. The van der Waals surface area contributed by atoms with Gasteiger partial charge < -0.3 is 9.47 Å². The van der Waals surface area contributed by atoms with Gasteiger partial charge in [-0.3, -0.25) is 4.98 Å². The zero-order valence-electron chi connectivity index (χ0n) is 11.5. The summed E-state index contributed by atoms with van der Waals surface area (Å²) in [6.45, 7) is 5.57. The van der Waals surface area contributed by atoms with Gasteiger partial charge in [-0.05, 0) is 41.4 Å². The van der Waals surface area contributed by atoms with Crippen molar-refractivity contribution in [1.29, 1.82) is 0 Å². The van der Waals surface area contributed by atoms with E-state index in [0.717, 1.165) is 10.0 Å². The number of rotatable bonds is 7. The van der Waals surface area contributed by atoms with Crippen LogP contribution < -0.4 is 0 Å². The third kappa shape index (κ3) is 4.09. The standard InChI is InChI=1S/C13H17BrN4O2/c1-3-19-13(20-4-2)12-9-18(17-16-12)8-10-5-11(14)7-15-6-10/h5-7,9,13H,3-4,8H2,1-2H3. The van der Waals surface area contributed by atoms with Crippen LogP contribution in [-0.4, -0.2) is 33.2 Å². The maximum atomic E-state index is 5.49. The van der Waals surface area contributed by atoms with Crippen molar-refractivity contribution in [2.45, 2.75) is 26.7 Å². The minimum Gasteiger partial charge on any atom is -0.347 e. The first-order valence-corrected chi connectivity index (χ1v) is 7.24. The molecule has 0 radical (unpaired) electrons. The van der Waals surface area contributed by atoms with Crippen LogP contribution in [0.2, 0.25) is 0 Å². The highest BCUT2D eigenvalue weighted by Gasteiger charge is 2.15. The summed E-state index contributed by atoms with van der Waals surface area (Å²) in [5.41, 5.74) is 1.72. The van der Waals surface area contributed by atoms with E-state index in [1.165, 1.54) is 0 Å². The summed E-state index contributed by atoms with van der Waals surface area (Å²) < 4.78 is 13.7. The summed E-state index contributed by atoms with van der Waals surface area (Å²) in [6, 6.07) is 2.00. The van der Waals surface area contributed by atoms with Gasteiger partial charge in [-0.25, -0.2) is 4.68 Å².